The zero-order valence-electron chi connectivity index (χ0n) is 21.4. The molecule has 0 saturated carbocycles. The van der Waals surface area contributed by atoms with Crippen LogP contribution in [0.1, 0.15) is 22.3 Å². The van der Waals surface area contributed by atoms with E-state index in [-0.39, 0.29) is 12.1 Å². The van der Waals surface area contributed by atoms with Gasteiger partial charge < -0.3 is 0 Å². The molecule has 194 valence electrons. The van der Waals surface area contributed by atoms with Gasteiger partial charge in [0.1, 0.15) is 16.5 Å². The molecule has 3 aromatic carbocycles. The van der Waals surface area contributed by atoms with Crippen LogP contribution >= 0.6 is 11.3 Å². The van der Waals surface area contributed by atoms with Crippen molar-refractivity contribution in [1.29, 1.82) is 0 Å². The molecule has 0 aliphatic carbocycles. The van der Waals surface area contributed by atoms with Gasteiger partial charge in [-0.05, 0) is 42.8 Å². The van der Waals surface area contributed by atoms with Crippen LogP contribution in [0.15, 0.2) is 82.4 Å². The summed E-state index contributed by atoms with van der Waals surface area (Å²) >= 11 is 1.30. The molecule has 0 fully saturated rings. The van der Waals surface area contributed by atoms with Crippen molar-refractivity contribution in [1.82, 2.24) is 14.0 Å². The van der Waals surface area contributed by atoms with Gasteiger partial charge in [0.2, 0.25) is 0 Å². The number of fused-ring (bicyclic) bond motifs is 1. The SMILES string of the molecule is Cc1ccc(-c2sc3c(c2CN(C)Cc2ccccc2)c(=O)n(C)c(=O)n3Cc2c(F)cccc2F)cc1. The van der Waals surface area contributed by atoms with E-state index in [9.17, 15) is 18.4 Å². The molecule has 0 bridgehead atoms. The molecule has 0 atom stereocenters. The Labute approximate surface area is 222 Å². The van der Waals surface area contributed by atoms with Crippen LogP contribution in [0.5, 0.6) is 0 Å². The number of thiophene rings is 1. The maximum Gasteiger partial charge on any atom is 0.332 e. The molecular weight excluding hydrogens is 504 g/mol. The highest BCUT2D eigenvalue weighted by Crippen LogP contribution is 2.38. The van der Waals surface area contributed by atoms with Crippen LogP contribution < -0.4 is 11.2 Å². The predicted octanol–water partition coefficient (Wildman–Crippen LogP) is 5.70. The van der Waals surface area contributed by atoms with E-state index in [0.29, 0.717) is 23.3 Å². The Hall–Kier alpha value is -3.88. The summed E-state index contributed by atoms with van der Waals surface area (Å²) in [4.78, 5) is 30.2. The van der Waals surface area contributed by atoms with Crippen LogP contribution in [0.2, 0.25) is 0 Å². The summed E-state index contributed by atoms with van der Waals surface area (Å²) in [6.45, 7) is 2.78. The highest BCUT2D eigenvalue weighted by molar-refractivity contribution is 7.22. The molecule has 5 rings (SSSR count). The molecule has 0 unspecified atom stereocenters. The number of hydrogen-bond donors (Lipinski definition) is 0. The third kappa shape index (κ3) is 4.85. The van der Waals surface area contributed by atoms with Gasteiger partial charge in [-0.2, -0.15) is 0 Å². The molecule has 2 aromatic heterocycles. The lowest BCUT2D eigenvalue weighted by molar-refractivity contribution is 0.321. The van der Waals surface area contributed by atoms with Gasteiger partial charge in [0, 0.05) is 30.6 Å². The second kappa shape index (κ2) is 10.5. The average Bonchev–Trinajstić information content (AvgIpc) is 3.26. The van der Waals surface area contributed by atoms with Crippen molar-refractivity contribution in [2.75, 3.05) is 7.05 Å². The summed E-state index contributed by atoms with van der Waals surface area (Å²) in [7, 11) is 3.38. The van der Waals surface area contributed by atoms with Crippen molar-refractivity contribution in [3.05, 3.63) is 128 Å². The number of nitrogens with zero attached hydrogens (tertiary/aromatic N) is 3. The Morgan fingerprint density at radius 3 is 2.16 bits per heavy atom. The number of rotatable bonds is 7. The van der Waals surface area contributed by atoms with Crippen LogP contribution in [0.25, 0.3) is 20.7 Å². The summed E-state index contributed by atoms with van der Waals surface area (Å²) in [5.41, 5.74) is 2.67. The lowest BCUT2D eigenvalue weighted by Gasteiger charge is -2.18. The summed E-state index contributed by atoms with van der Waals surface area (Å²) in [6.07, 6.45) is 0. The molecule has 0 saturated heterocycles. The summed E-state index contributed by atoms with van der Waals surface area (Å²) < 4.78 is 31.5. The number of hydrogen-bond acceptors (Lipinski definition) is 4. The zero-order valence-corrected chi connectivity index (χ0v) is 22.2. The van der Waals surface area contributed by atoms with Crippen molar-refractivity contribution < 1.29 is 8.78 Å². The summed E-state index contributed by atoms with van der Waals surface area (Å²) in [5, 5.41) is 0.393. The normalized spacial score (nSPS) is 11.5. The first kappa shape index (κ1) is 25.8. The Morgan fingerprint density at radius 2 is 1.50 bits per heavy atom. The van der Waals surface area contributed by atoms with E-state index >= 15 is 0 Å². The minimum absolute atomic E-state index is 0.220. The topological polar surface area (TPSA) is 47.2 Å². The Balaban J connectivity index is 1.72. The van der Waals surface area contributed by atoms with Crippen LogP contribution in [0, 0.1) is 18.6 Å². The van der Waals surface area contributed by atoms with E-state index < -0.39 is 22.9 Å². The van der Waals surface area contributed by atoms with Crippen LogP contribution in [-0.4, -0.2) is 21.1 Å². The molecule has 2 heterocycles. The molecule has 0 N–H and O–H groups in total. The highest BCUT2D eigenvalue weighted by atomic mass is 32.1. The van der Waals surface area contributed by atoms with E-state index in [1.165, 1.54) is 41.2 Å². The number of aryl methyl sites for hydroxylation is 1. The largest absolute Gasteiger partial charge is 0.332 e. The average molecular weight is 532 g/mol. The minimum Gasteiger partial charge on any atom is -0.298 e. The number of halogens is 2. The van der Waals surface area contributed by atoms with E-state index in [1.807, 2.05) is 68.6 Å². The Morgan fingerprint density at radius 1 is 0.842 bits per heavy atom. The molecule has 8 heteroatoms. The van der Waals surface area contributed by atoms with Crippen molar-refractivity contribution in [3.8, 4) is 10.4 Å². The standard InChI is InChI=1S/C30H27F2N3O2S/c1-19-12-14-21(15-13-19)27-23(17-33(2)16-20-8-5-4-6-9-20)26-28(36)34(3)30(37)35(29(26)38-27)18-22-24(31)10-7-11-25(22)32/h4-15H,16-18H2,1-3H3. The molecule has 0 amide bonds. The van der Waals surface area contributed by atoms with Crippen molar-refractivity contribution in [2.45, 2.75) is 26.6 Å². The van der Waals surface area contributed by atoms with Gasteiger partial charge >= 0.3 is 5.69 Å². The fraction of sp³-hybridized carbons (Fsp3) is 0.200. The van der Waals surface area contributed by atoms with Crippen molar-refractivity contribution >= 4 is 21.6 Å². The monoisotopic (exact) mass is 531 g/mol. The highest BCUT2D eigenvalue weighted by Gasteiger charge is 2.24. The van der Waals surface area contributed by atoms with Crippen molar-refractivity contribution in [2.24, 2.45) is 7.05 Å². The van der Waals surface area contributed by atoms with Gasteiger partial charge in [-0.3, -0.25) is 18.8 Å². The molecule has 5 aromatic rings. The van der Waals surface area contributed by atoms with Gasteiger partial charge in [-0.25, -0.2) is 13.6 Å². The maximum atomic E-state index is 14.6. The molecule has 0 spiro atoms. The first-order chi connectivity index (χ1) is 18.2. The molecule has 0 aliphatic heterocycles. The van der Waals surface area contributed by atoms with Crippen LogP contribution in [0.3, 0.4) is 0 Å². The fourth-order valence-corrected chi connectivity index (χ4v) is 5.98. The van der Waals surface area contributed by atoms with E-state index in [4.69, 9.17) is 0 Å². The predicted molar refractivity (Wildman–Crippen MR) is 149 cm³/mol. The van der Waals surface area contributed by atoms with E-state index in [1.54, 1.807) is 0 Å². The maximum absolute atomic E-state index is 14.6. The van der Waals surface area contributed by atoms with Crippen LogP contribution in [-0.2, 0) is 26.7 Å². The van der Waals surface area contributed by atoms with Crippen molar-refractivity contribution in [3.63, 3.8) is 0 Å². The Bertz CT molecular complexity index is 1720. The fourth-order valence-electron chi connectivity index (χ4n) is 4.68. The zero-order chi connectivity index (χ0) is 27.0. The second-order valence-electron chi connectivity index (χ2n) is 9.55. The molecule has 0 radical (unpaired) electrons. The minimum atomic E-state index is -0.739. The van der Waals surface area contributed by atoms with Gasteiger partial charge in [0.25, 0.3) is 5.56 Å². The number of benzene rings is 3. The number of aromatic nitrogens is 2. The smallest absolute Gasteiger partial charge is 0.298 e. The lowest BCUT2D eigenvalue weighted by atomic mass is 10.1. The quantitative estimate of drug-likeness (QED) is 0.271. The first-order valence-corrected chi connectivity index (χ1v) is 13.0. The second-order valence-corrected chi connectivity index (χ2v) is 10.5. The van der Waals surface area contributed by atoms with Gasteiger partial charge in [0.05, 0.1) is 11.9 Å². The van der Waals surface area contributed by atoms with E-state index in [0.717, 1.165) is 31.7 Å². The first-order valence-electron chi connectivity index (χ1n) is 12.2. The molecule has 0 aliphatic rings. The molecule has 38 heavy (non-hydrogen) atoms. The van der Waals surface area contributed by atoms with Gasteiger partial charge in [-0.15, -0.1) is 11.3 Å². The van der Waals surface area contributed by atoms with Gasteiger partial charge in [0.15, 0.2) is 0 Å². The van der Waals surface area contributed by atoms with Gasteiger partial charge in [-0.1, -0.05) is 66.2 Å². The summed E-state index contributed by atoms with van der Waals surface area (Å²) in [5.74, 6) is -1.48. The third-order valence-electron chi connectivity index (χ3n) is 6.68. The molecule has 5 nitrogen and oxygen atoms in total. The lowest BCUT2D eigenvalue weighted by Crippen LogP contribution is -2.38. The Kier molecular flexibility index (Phi) is 7.10. The molecular formula is C30H27F2N3O2S. The van der Waals surface area contributed by atoms with E-state index in [2.05, 4.69) is 4.90 Å². The third-order valence-corrected chi connectivity index (χ3v) is 7.99. The van der Waals surface area contributed by atoms with Crippen LogP contribution in [0.4, 0.5) is 8.78 Å². The summed E-state index contributed by atoms with van der Waals surface area (Å²) in [6, 6.07) is 21.6.